The molecule has 0 heterocycles. The molecule has 0 rings (SSSR count). The van der Waals surface area contributed by atoms with Crippen molar-refractivity contribution in [1.29, 1.82) is 0 Å². The second-order valence-corrected chi connectivity index (χ2v) is 3.71. The van der Waals surface area contributed by atoms with Crippen LogP contribution in [0.2, 0.25) is 0 Å². The Morgan fingerprint density at radius 3 is 1.86 bits per heavy atom. The first kappa shape index (κ1) is 13.4. The highest BCUT2D eigenvalue weighted by atomic mass is 16.5. The van der Waals surface area contributed by atoms with Crippen LogP contribution in [0.25, 0.3) is 0 Å². The van der Waals surface area contributed by atoms with Gasteiger partial charge in [-0.05, 0) is 12.8 Å². The number of methoxy groups -OCH3 is 1. The summed E-state index contributed by atoms with van der Waals surface area (Å²) in [7, 11) is 1.50. The lowest BCUT2D eigenvalue weighted by atomic mass is 9.91. The Labute approximate surface area is 86.5 Å². The molecule has 0 aliphatic carbocycles. The van der Waals surface area contributed by atoms with Crippen LogP contribution in [0.15, 0.2) is 0 Å². The third-order valence-electron chi connectivity index (χ3n) is 2.65. The number of ether oxygens (including phenoxy) is 1. The summed E-state index contributed by atoms with van der Waals surface area (Å²) in [5, 5.41) is 9.15. The highest BCUT2D eigenvalue weighted by Gasteiger charge is 2.36. The van der Waals surface area contributed by atoms with Gasteiger partial charge in [-0.3, -0.25) is 0 Å². The number of hydrogen-bond acceptors (Lipinski definition) is 2. The third-order valence-corrected chi connectivity index (χ3v) is 2.65. The van der Waals surface area contributed by atoms with Gasteiger partial charge in [-0.25, -0.2) is 4.79 Å². The summed E-state index contributed by atoms with van der Waals surface area (Å²) in [5.74, 6) is -0.818. The van der Waals surface area contributed by atoms with E-state index in [1.54, 1.807) is 0 Å². The highest BCUT2D eigenvalue weighted by Crippen LogP contribution is 2.25. The van der Waals surface area contributed by atoms with Crippen molar-refractivity contribution >= 4 is 5.97 Å². The lowest BCUT2D eigenvalue weighted by Crippen LogP contribution is -2.40. The Kier molecular flexibility index (Phi) is 6.54. The van der Waals surface area contributed by atoms with Crippen LogP contribution in [0.1, 0.15) is 52.4 Å². The van der Waals surface area contributed by atoms with Gasteiger partial charge in [0.2, 0.25) is 0 Å². The van der Waals surface area contributed by atoms with Crippen molar-refractivity contribution in [2.45, 2.75) is 58.0 Å². The normalized spacial score (nSPS) is 11.6. The number of aliphatic carboxylic acids is 1. The van der Waals surface area contributed by atoms with Gasteiger partial charge in [-0.2, -0.15) is 0 Å². The summed E-state index contributed by atoms with van der Waals surface area (Å²) in [6.45, 7) is 4.12. The zero-order valence-electron chi connectivity index (χ0n) is 9.51. The van der Waals surface area contributed by atoms with Crippen LogP contribution in [0.5, 0.6) is 0 Å². The molecule has 1 N–H and O–H groups in total. The van der Waals surface area contributed by atoms with E-state index >= 15 is 0 Å². The maximum Gasteiger partial charge on any atom is 0.335 e. The van der Waals surface area contributed by atoms with E-state index in [0.717, 1.165) is 25.7 Å². The fourth-order valence-electron chi connectivity index (χ4n) is 1.55. The molecule has 0 radical (unpaired) electrons. The molecule has 0 unspecified atom stereocenters. The molecule has 3 heteroatoms. The first-order chi connectivity index (χ1) is 6.63. The minimum Gasteiger partial charge on any atom is -0.479 e. The Morgan fingerprint density at radius 2 is 1.64 bits per heavy atom. The standard InChI is InChI=1S/C11H22O3/c1-4-6-8-11(14-3,10(12)13)9-7-5-2/h4-9H2,1-3H3,(H,12,13). The van der Waals surface area contributed by atoms with Gasteiger partial charge in [0, 0.05) is 7.11 Å². The minimum atomic E-state index is -0.938. The molecule has 0 spiro atoms. The smallest absolute Gasteiger partial charge is 0.335 e. The molecule has 84 valence electrons. The highest BCUT2D eigenvalue weighted by molar-refractivity contribution is 5.77. The fourth-order valence-corrected chi connectivity index (χ4v) is 1.55. The molecular weight excluding hydrogens is 180 g/mol. The van der Waals surface area contributed by atoms with Crippen molar-refractivity contribution in [3.05, 3.63) is 0 Å². The number of rotatable bonds is 8. The van der Waals surface area contributed by atoms with Crippen LogP contribution in [0.4, 0.5) is 0 Å². The molecule has 0 fully saturated rings. The zero-order chi connectivity index (χ0) is 11.0. The minimum absolute atomic E-state index is 0.620. The second kappa shape index (κ2) is 6.82. The Hall–Kier alpha value is -0.570. The van der Waals surface area contributed by atoms with E-state index in [0.29, 0.717) is 12.8 Å². The number of carbonyl (C=O) groups is 1. The molecule has 0 saturated heterocycles. The molecule has 0 atom stereocenters. The summed E-state index contributed by atoms with van der Waals surface area (Å²) in [6.07, 6.45) is 5.06. The molecule has 0 aliphatic rings. The number of carboxylic acid groups (broad SMARTS) is 1. The van der Waals surface area contributed by atoms with Crippen LogP contribution in [-0.2, 0) is 9.53 Å². The van der Waals surface area contributed by atoms with Crippen molar-refractivity contribution in [1.82, 2.24) is 0 Å². The number of unbranched alkanes of at least 4 members (excludes halogenated alkanes) is 2. The van der Waals surface area contributed by atoms with Crippen molar-refractivity contribution in [2.75, 3.05) is 7.11 Å². The van der Waals surface area contributed by atoms with Gasteiger partial charge in [0.15, 0.2) is 5.60 Å². The Bertz CT molecular complexity index is 158. The van der Waals surface area contributed by atoms with Crippen molar-refractivity contribution in [2.24, 2.45) is 0 Å². The number of carboxylic acids is 1. The monoisotopic (exact) mass is 202 g/mol. The van der Waals surface area contributed by atoms with Crippen LogP contribution in [0.3, 0.4) is 0 Å². The van der Waals surface area contributed by atoms with E-state index < -0.39 is 11.6 Å². The summed E-state index contributed by atoms with van der Waals surface area (Å²) in [4.78, 5) is 11.1. The molecule has 0 aliphatic heterocycles. The summed E-state index contributed by atoms with van der Waals surface area (Å²) < 4.78 is 5.20. The van der Waals surface area contributed by atoms with E-state index in [2.05, 4.69) is 13.8 Å². The summed E-state index contributed by atoms with van der Waals surface area (Å²) in [5.41, 5.74) is -0.938. The van der Waals surface area contributed by atoms with Crippen molar-refractivity contribution < 1.29 is 14.6 Å². The van der Waals surface area contributed by atoms with Gasteiger partial charge in [-0.15, -0.1) is 0 Å². The van der Waals surface area contributed by atoms with Gasteiger partial charge in [-0.1, -0.05) is 39.5 Å². The molecule has 0 bridgehead atoms. The van der Waals surface area contributed by atoms with Crippen molar-refractivity contribution in [3.63, 3.8) is 0 Å². The maximum atomic E-state index is 11.1. The van der Waals surface area contributed by atoms with E-state index in [9.17, 15) is 4.79 Å². The molecule has 0 saturated carbocycles. The summed E-state index contributed by atoms with van der Waals surface area (Å²) >= 11 is 0. The van der Waals surface area contributed by atoms with E-state index in [4.69, 9.17) is 9.84 Å². The first-order valence-corrected chi connectivity index (χ1v) is 5.41. The van der Waals surface area contributed by atoms with Gasteiger partial charge in [0.05, 0.1) is 0 Å². The molecule has 14 heavy (non-hydrogen) atoms. The predicted molar refractivity (Wildman–Crippen MR) is 56.4 cm³/mol. The topological polar surface area (TPSA) is 46.5 Å². The molecule has 0 aromatic carbocycles. The van der Waals surface area contributed by atoms with Gasteiger partial charge in [0.1, 0.15) is 0 Å². The third kappa shape index (κ3) is 3.66. The SMILES string of the molecule is CCCCC(CCCC)(OC)C(=O)O. The average Bonchev–Trinajstić information content (AvgIpc) is 2.18. The zero-order valence-corrected chi connectivity index (χ0v) is 9.51. The lowest BCUT2D eigenvalue weighted by Gasteiger charge is -2.27. The van der Waals surface area contributed by atoms with E-state index in [1.165, 1.54) is 7.11 Å². The average molecular weight is 202 g/mol. The molecule has 0 aromatic heterocycles. The van der Waals surface area contributed by atoms with Crippen LogP contribution < -0.4 is 0 Å². The van der Waals surface area contributed by atoms with Crippen LogP contribution in [0, 0.1) is 0 Å². The van der Waals surface area contributed by atoms with E-state index in [-0.39, 0.29) is 0 Å². The van der Waals surface area contributed by atoms with Gasteiger partial charge >= 0.3 is 5.97 Å². The van der Waals surface area contributed by atoms with Crippen molar-refractivity contribution in [3.8, 4) is 0 Å². The second-order valence-electron chi connectivity index (χ2n) is 3.71. The van der Waals surface area contributed by atoms with E-state index in [1.807, 2.05) is 0 Å². The molecule has 0 amide bonds. The quantitative estimate of drug-likeness (QED) is 0.658. The van der Waals surface area contributed by atoms with Gasteiger partial charge < -0.3 is 9.84 Å². The van der Waals surface area contributed by atoms with Crippen LogP contribution >= 0.6 is 0 Å². The number of hydrogen-bond donors (Lipinski definition) is 1. The Morgan fingerprint density at radius 1 is 1.21 bits per heavy atom. The summed E-state index contributed by atoms with van der Waals surface area (Å²) in [6, 6.07) is 0. The molecule has 0 aromatic rings. The van der Waals surface area contributed by atoms with Gasteiger partial charge in [0.25, 0.3) is 0 Å². The first-order valence-electron chi connectivity index (χ1n) is 5.41. The fraction of sp³-hybridized carbons (Fsp3) is 0.909. The Balaban J connectivity index is 4.35. The predicted octanol–water partition coefficient (Wildman–Crippen LogP) is 2.84. The molecular formula is C11H22O3. The molecule has 3 nitrogen and oxygen atoms in total. The maximum absolute atomic E-state index is 11.1. The largest absolute Gasteiger partial charge is 0.479 e. The lowest BCUT2D eigenvalue weighted by molar-refractivity contribution is -0.164. The van der Waals surface area contributed by atoms with Crippen LogP contribution in [-0.4, -0.2) is 23.8 Å².